The smallest absolute Gasteiger partial charge is 0.309 e. The van der Waals surface area contributed by atoms with Gasteiger partial charge in [-0.05, 0) is 12.5 Å². The van der Waals surface area contributed by atoms with Crippen molar-refractivity contribution in [2.24, 2.45) is 5.92 Å². The van der Waals surface area contributed by atoms with Crippen LogP contribution in [-0.4, -0.2) is 16.2 Å². The first kappa shape index (κ1) is 13.6. The lowest BCUT2D eigenvalue weighted by Crippen LogP contribution is -2.22. The van der Waals surface area contributed by atoms with Gasteiger partial charge in [0.15, 0.2) is 11.6 Å². The number of hydrogen-bond acceptors (Lipinski definition) is 2. The van der Waals surface area contributed by atoms with Crippen molar-refractivity contribution in [1.29, 1.82) is 0 Å². The van der Waals surface area contributed by atoms with Crippen molar-refractivity contribution in [1.82, 2.24) is 0 Å². The highest BCUT2D eigenvalue weighted by Gasteiger charge is 2.29. The number of rotatable bonds is 5. The molecule has 0 radical (unpaired) electrons. The molecule has 17 heavy (non-hydrogen) atoms. The van der Waals surface area contributed by atoms with E-state index in [-0.39, 0.29) is 12.0 Å². The van der Waals surface area contributed by atoms with E-state index >= 15 is 0 Å². The molecule has 2 atom stereocenters. The van der Waals surface area contributed by atoms with Crippen LogP contribution in [0.25, 0.3) is 0 Å². The molecule has 1 rings (SSSR count). The minimum Gasteiger partial charge on any atom is -0.481 e. The lowest BCUT2D eigenvalue weighted by atomic mass is 9.91. The fourth-order valence-corrected chi connectivity index (χ4v) is 1.69. The summed E-state index contributed by atoms with van der Waals surface area (Å²) in [6.45, 7) is 1.75. The molecule has 0 aliphatic carbocycles. The van der Waals surface area contributed by atoms with Crippen molar-refractivity contribution in [3.63, 3.8) is 0 Å². The van der Waals surface area contributed by atoms with Gasteiger partial charge in [-0.3, -0.25) is 4.79 Å². The standard InChI is InChI=1S/C12H14F2O3/c1-2-4-8(12(16)17)11(15)7-5-3-6-9(13)10(7)14/h3,5-6,8,11,15H,2,4H2,1H3,(H,16,17). The topological polar surface area (TPSA) is 57.5 Å². The van der Waals surface area contributed by atoms with Gasteiger partial charge in [-0.25, -0.2) is 8.78 Å². The van der Waals surface area contributed by atoms with E-state index in [2.05, 4.69) is 0 Å². The molecule has 1 aromatic carbocycles. The Bertz CT molecular complexity index is 407. The molecule has 0 amide bonds. The average molecular weight is 244 g/mol. The van der Waals surface area contributed by atoms with E-state index in [1.807, 2.05) is 0 Å². The third kappa shape index (κ3) is 3.00. The highest BCUT2D eigenvalue weighted by Crippen LogP contribution is 2.28. The molecule has 0 bridgehead atoms. The van der Waals surface area contributed by atoms with E-state index in [9.17, 15) is 18.7 Å². The van der Waals surface area contributed by atoms with E-state index in [0.29, 0.717) is 6.42 Å². The Hall–Kier alpha value is -1.49. The van der Waals surface area contributed by atoms with Crippen LogP contribution in [0.2, 0.25) is 0 Å². The lowest BCUT2D eigenvalue weighted by molar-refractivity contribution is -0.146. The predicted octanol–water partition coefficient (Wildman–Crippen LogP) is 2.50. The second-order valence-corrected chi connectivity index (χ2v) is 3.82. The van der Waals surface area contributed by atoms with E-state index in [0.717, 1.165) is 6.07 Å². The van der Waals surface area contributed by atoms with Gasteiger partial charge in [0, 0.05) is 5.56 Å². The number of carbonyl (C=O) groups is 1. The van der Waals surface area contributed by atoms with Crippen LogP contribution in [-0.2, 0) is 4.79 Å². The molecule has 2 N–H and O–H groups in total. The van der Waals surface area contributed by atoms with Gasteiger partial charge in [0.25, 0.3) is 0 Å². The van der Waals surface area contributed by atoms with Gasteiger partial charge in [0.05, 0.1) is 12.0 Å². The molecule has 0 saturated carbocycles. The van der Waals surface area contributed by atoms with E-state index in [1.54, 1.807) is 6.92 Å². The molecule has 0 aliphatic rings. The molecular weight excluding hydrogens is 230 g/mol. The Balaban J connectivity index is 3.05. The molecule has 0 heterocycles. The molecule has 0 saturated heterocycles. The zero-order valence-corrected chi connectivity index (χ0v) is 9.36. The van der Waals surface area contributed by atoms with Gasteiger partial charge in [0.1, 0.15) is 0 Å². The number of carboxylic acids is 1. The highest BCUT2D eigenvalue weighted by molar-refractivity contribution is 5.71. The van der Waals surface area contributed by atoms with Crippen LogP contribution in [0.15, 0.2) is 18.2 Å². The van der Waals surface area contributed by atoms with Gasteiger partial charge >= 0.3 is 5.97 Å². The number of carboxylic acid groups (broad SMARTS) is 1. The summed E-state index contributed by atoms with van der Waals surface area (Å²) in [5.74, 6) is -4.64. The van der Waals surface area contributed by atoms with Crippen LogP contribution >= 0.6 is 0 Å². The SMILES string of the molecule is CCCC(C(=O)O)C(O)c1cccc(F)c1F. The summed E-state index contributed by atoms with van der Waals surface area (Å²) in [6, 6.07) is 3.34. The van der Waals surface area contributed by atoms with Crippen molar-refractivity contribution in [2.75, 3.05) is 0 Å². The van der Waals surface area contributed by atoms with Crippen LogP contribution in [0.5, 0.6) is 0 Å². The highest BCUT2D eigenvalue weighted by atomic mass is 19.2. The fourth-order valence-electron chi connectivity index (χ4n) is 1.69. The van der Waals surface area contributed by atoms with Gasteiger partial charge in [-0.15, -0.1) is 0 Å². The largest absolute Gasteiger partial charge is 0.481 e. The Labute approximate surface area is 97.7 Å². The number of aliphatic hydroxyl groups excluding tert-OH is 1. The summed E-state index contributed by atoms with van der Waals surface area (Å²) in [5, 5.41) is 18.7. The fraction of sp³-hybridized carbons (Fsp3) is 0.417. The second-order valence-electron chi connectivity index (χ2n) is 3.82. The number of hydrogen-bond donors (Lipinski definition) is 2. The van der Waals surface area contributed by atoms with E-state index in [1.165, 1.54) is 12.1 Å². The third-order valence-corrected chi connectivity index (χ3v) is 2.60. The second kappa shape index (κ2) is 5.72. The van der Waals surface area contributed by atoms with Crippen LogP contribution in [0, 0.1) is 17.6 Å². The Morgan fingerprint density at radius 1 is 1.41 bits per heavy atom. The first-order chi connectivity index (χ1) is 7.99. The summed E-state index contributed by atoms with van der Waals surface area (Å²) in [4.78, 5) is 10.9. The summed E-state index contributed by atoms with van der Waals surface area (Å²) >= 11 is 0. The van der Waals surface area contributed by atoms with Gasteiger partial charge in [-0.2, -0.15) is 0 Å². The van der Waals surface area contributed by atoms with Gasteiger partial charge < -0.3 is 10.2 Å². The summed E-state index contributed by atoms with van der Waals surface area (Å²) < 4.78 is 26.3. The molecule has 0 aromatic heterocycles. The molecular formula is C12H14F2O3. The molecule has 2 unspecified atom stereocenters. The third-order valence-electron chi connectivity index (χ3n) is 2.60. The Morgan fingerprint density at radius 3 is 2.59 bits per heavy atom. The van der Waals surface area contributed by atoms with Crippen molar-refractivity contribution in [3.8, 4) is 0 Å². The van der Waals surface area contributed by atoms with Crippen molar-refractivity contribution >= 4 is 5.97 Å². The first-order valence-electron chi connectivity index (χ1n) is 5.33. The first-order valence-corrected chi connectivity index (χ1v) is 5.33. The summed E-state index contributed by atoms with van der Waals surface area (Å²) in [6.07, 6.45) is -0.805. The normalized spacial score (nSPS) is 14.4. The number of halogens is 2. The minimum absolute atomic E-state index is 0.201. The van der Waals surface area contributed by atoms with E-state index in [4.69, 9.17) is 5.11 Å². The summed E-state index contributed by atoms with van der Waals surface area (Å²) in [5.41, 5.74) is -0.314. The van der Waals surface area contributed by atoms with E-state index < -0.39 is 29.6 Å². The zero-order chi connectivity index (χ0) is 13.0. The zero-order valence-electron chi connectivity index (χ0n) is 9.36. The van der Waals surface area contributed by atoms with Gasteiger partial charge in [0.2, 0.25) is 0 Å². The maximum absolute atomic E-state index is 13.4. The Kier molecular flexibility index (Phi) is 4.57. The predicted molar refractivity (Wildman–Crippen MR) is 57.4 cm³/mol. The Morgan fingerprint density at radius 2 is 2.06 bits per heavy atom. The van der Waals surface area contributed by atoms with Gasteiger partial charge in [-0.1, -0.05) is 25.5 Å². The van der Waals surface area contributed by atoms with Crippen LogP contribution in [0.3, 0.4) is 0 Å². The average Bonchev–Trinajstić information content (AvgIpc) is 2.28. The number of benzene rings is 1. The van der Waals surface area contributed by atoms with Crippen molar-refractivity contribution in [3.05, 3.63) is 35.4 Å². The number of aliphatic hydroxyl groups is 1. The van der Waals surface area contributed by atoms with Crippen LogP contribution < -0.4 is 0 Å². The monoisotopic (exact) mass is 244 g/mol. The van der Waals surface area contributed by atoms with Crippen molar-refractivity contribution < 1.29 is 23.8 Å². The molecule has 0 aliphatic heterocycles. The van der Waals surface area contributed by atoms with Crippen LogP contribution in [0.4, 0.5) is 8.78 Å². The molecule has 5 heteroatoms. The molecule has 94 valence electrons. The molecule has 3 nitrogen and oxygen atoms in total. The molecule has 1 aromatic rings. The molecule has 0 spiro atoms. The van der Waals surface area contributed by atoms with Crippen molar-refractivity contribution in [2.45, 2.75) is 25.9 Å². The minimum atomic E-state index is -1.54. The maximum atomic E-state index is 13.4. The maximum Gasteiger partial charge on any atom is 0.309 e. The van der Waals surface area contributed by atoms with Crippen LogP contribution in [0.1, 0.15) is 31.4 Å². The number of aliphatic carboxylic acids is 1. The lowest BCUT2D eigenvalue weighted by Gasteiger charge is -2.19. The quantitative estimate of drug-likeness (QED) is 0.836. The summed E-state index contributed by atoms with van der Waals surface area (Å²) in [7, 11) is 0. The molecule has 0 fully saturated rings.